The molecule has 4 aliphatic rings. The van der Waals surface area contributed by atoms with E-state index in [9.17, 15) is 27.9 Å². The molecular weight excluding hydrogens is 591 g/mol. The van der Waals surface area contributed by atoms with Gasteiger partial charge in [0.2, 0.25) is 5.95 Å². The number of alkyl halides is 3. The fourth-order valence-corrected chi connectivity index (χ4v) is 7.34. The molecule has 2 saturated heterocycles. The minimum absolute atomic E-state index is 0.150. The van der Waals surface area contributed by atoms with Gasteiger partial charge in [-0.1, -0.05) is 19.3 Å². The van der Waals surface area contributed by atoms with Gasteiger partial charge >= 0.3 is 12.1 Å². The smallest absolute Gasteiger partial charge is 0.434 e. The maximum atomic E-state index is 14.4. The van der Waals surface area contributed by atoms with Gasteiger partial charge in [0.15, 0.2) is 5.69 Å². The Labute approximate surface area is 260 Å². The summed E-state index contributed by atoms with van der Waals surface area (Å²) in [6.45, 7) is 4.06. The van der Waals surface area contributed by atoms with Gasteiger partial charge in [0, 0.05) is 37.1 Å². The first-order valence-electron chi connectivity index (χ1n) is 15.9. The number of hydrogen-bond donors (Lipinski definition) is 3. The topological polar surface area (TPSA) is 126 Å². The Balaban J connectivity index is 1.28. The third kappa shape index (κ3) is 6.46. The Hall–Kier alpha value is -3.45. The molecule has 3 fully saturated rings. The number of carbonyl (C=O) groups excluding carboxylic acids is 1. The van der Waals surface area contributed by atoms with Crippen molar-refractivity contribution in [1.29, 1.82) is 0 Å². The van der Waals surface area contributed by atoms with Crippen LogP contribution in [-0.2, 0) is 21.1 Å². The van der Waals surface area contributed by atoms with Crippen molar-refractivity contribution in [3.63, 3.8) is 0 Å². The van der Waals surface area contributed by atoms with Gasteiger partial charge in [-0.05, 0) is 87.7 Å². The average molecular weight is 632 g/mol. The van der Waals surface area contributed by atoms with E-state index < -0.39 is 34.8 Å². The van der Waals surface area contributed by atoms with Crippen LogP contribution in [-0.4, -0.2) is 71.9 Å². The molecule has 3 aliphatic heterocycles. The summed E-state index contributed by atoms with van der Waals surface area (Å²) in [4.78, 5) is 35.2. The molecule has 2 aromatic rings. The van der Waals surface area contributed by atoms with Crippen LogP contribution in [0.5, 0.6) is 5.75 Å². The van der Waals surface area contributed by atoms with Crippen molar-refractivity contribution < 1.29 is 37.3 Å². The molecule has 10 nitrogen and oxygen atoms in total. The van der Waals surface area contributed by atoms with Crippen molar-refractivity contribution in [2.24, 2.45) is 5.92 Å². The predicted octanol–water partition coefficient (Wildman–Crippen LogP) is 4.98. The molecule has 244 valence electrons. The zero-order valence-electron chi connectivity index (χ0n) is 25.3. The molecule has 0 atom stereocenters. The summed E-state index contributed by atoms with van der Waals surface area (Å²) < 4.78 is 54.9. The summed E-state index contributed by atoms with van der Waals surface area (Å²) in [6.07, 6.45) is 2.68. The Bertz CT molecular complexity index is 1400. The van der Waals surface area contributed by atoms with Crippen molar-refractivity contribution in [3.8, 4) is 5.75 Å². The number of aromatic nitrogens is 2. The number of anilines is 2. The summed E-state index contributed by atoms with van der Waals surface area (Å²) in [5, 5.41) is 15.6. The van der Waals surface area contributed by atoms with E-state index in [1.807, 2.05) is 18.2 Å². The number of nitrogens with one attached hydrogen (secondary N) is 2. The zero-order valence-corrected chi connectivity index (χ0v) is 25.3. The minimum atomic E-state index is -4.97. The van der Waals surface area contributed by atoms with Gasteiger partial charge in [-0.3, -0.25) is 4.79 Å². The Morgan fingerprint density at radius 2 is 1.84 bits per heavy atom. The first kappa shape index (κ1) is 31.5. The molecule has 1 aliphatic carbocycles. The van der Waals surface area contributed by atoms with Crippen LogP contribution in [0.2, 0.25) is 0 Å². The Morgan fingerprint density at radius 1 is 1.11 bits per heavy atom. The van der Waals surface area contributed by atoms with Gasteiger partial charge < -0.3 is 30.1 Å². The number of carboxylic acids is 1. The molecule has 1 amide bonds. The van der Waals surface area contributed by atoms with E-state index in [4.69, 9.17) is 9.47 Å². The highest BCUT2D eigenvalue weighted by Crippen LogP contribution is 2.49. The number of carboxylic acid groups (broad SMARTS) is 1. The van der Waals surface area contributed by atoms with Crippen LogP contribution in [0.15, 0.2) is 24.4 Å². The van der Waals surface area contributed by atoms with Gasteiger partial charge in [-0.2, -0.15) is 13.2 Å². The summed E-state index contributed by atoms with van der Waals surface area (Å²) >= 11 is 0. The predicted molar refractivity (Wildman–Crippen MR) is 159 cm³/mol. The number of benzene rings is 1. The van der Waals surface area contributed by atoms with E-state index >= 15 is 0 Å². The minimum Gasteiger partial charge on any atom is -0.494 e. The van der Waals surface area contributed by atoms with E-state index in [0.29, 0.717) is 37.6 Å². The van der Waals surface area contributed by atoms with Crippen molar-refractivity contribution in [2.45, 2.75) is 81.3 Å². The van der Waals surface area contributed by atoms with Gasteiger partial charge in [-0.25, -0.2) is 14.8 Å². The molecular formula is C32H40F3N5O5. The van der Waals surface area contributed by atoms with E-state index in [0.717, 1.165) is 82.3 Å². The highest BCUT2D eigenvalue weighted by Gasteiger charge is 2.47. The first-order valence-corrected chi connectivity index (χ1v) is 15.9. The van der Waals surface area contributed by atoms with Crippen molar-refractivity contribution in [2.75, 3.05) is 44.4 Å². The first-order chi connectivity index (χ1) is 21.6. The summed E-state index contributed by atoms with van der Waals surface area (Å²) in [6, 6.07) is 5.69. The monoisotopic (exact) mass is 631 g/mol. The maximum absolute atomic E-state index is 14.4. The number of piperidine rings is 1. The number of aliphatic carboxylic acids is 1. The standard InChI is InChI=1S/C32H40F3N5O5/c33-32(34,35)26-23(27(41)39-31(28(42)43)9-2-1-3-10-31)19-37-29(38-26)40-20-30(11-13-36-14-12-30)24-18-22(4-5-25(24)40)45-17-8-21-6-15-44-16-7-21/h4-5,18-19,21,36H,1-3,6-17,20H2,(H,39,41)(H,42,43). The summed E-state index contributed by atoms with van der Waals surface area (Å²) in [7, 11) is 0. The SMILES string of the molecule is O=C(NC1(C(=O)O)CCCCC1)c1cnc(N2CC3(CCNCC3)c3cc(OCCC4CCOCC4)ccc32)nc1C(F)(F)F. The van der Waals surface area contributed by atoms with Crippen LogP contribution in [0.25, 0.3) is 0 Å². The molecule has 4 heterocycles. The van der Waals surface area contributed by atoms with E-state index in [2.05, 4.69) is 20.6 Å². The van der Waals surface area contributed by atoms with Gasteiger partial charge in [0.25, 0.3) is 5.91 Å². The number of rotatable bonds is 8. The normalized spacial score (nSPS) is 21.4. The quantitative estimate of drug-likeness (QED) is 0.370. The van der Waals surface area contributed by atoms with Crippen LogP contribution in [0.3, 0.4) is 0 Å². The molecule has 13 heteroatoms. The molecule has 3 N–H and O–H groups in total. The Kier molecular flexibility index (Phi) is 8.93. The number of carbonyl (C=O) groups is 2. The van der Waals surface area contributed by atoms with Crippen LogP contribution in [0, 0.1) is 5.92 Å². The molecule has 1 aromatic carbocycles. The molecule has 1 spiro atoms. The molecule has 0 unspecified atom stereocenters. The second-order valence-corrected chi connectivity index (χ2v) is 12.8. The van der Waals surface area contributed by atoms with E-state index in [1.54, 1.807) is 4.90 Å². The van der Waals surface area contributed by atoms with Gasteiger partial charge in [0.1, 0.15) is 11.3 Å². The van der Waals surface area contributed by atoms with E-state index in [1.165, 1.54) is 0 Å². The number of nitrogens with zero attached hydrogens (tertiary/aromatic N) is 3. The molecule has 0 bridgehead atoms. The lowest BCUT2D eigenvalue weighted by Crippen LogP contribution is -2.55. The van der Waals surface area contributed by atoms with Gasteiger partial charge in [-0.15, -0.1) is 0 Å². The summed E-state index contributed by atoms with van der Waals surface area (Å²) in [5.41, 5.74) is -2.41. The number of hydrogen-bond acceptors (Lipinski definition) is 8. The van der Waals surface area contributed by atoms with Crippen molar-refractivity contribution in [3.05, 3.63) is 41.2 Å². The number of amides is 1. The van der Waals surface area contributed by atoms with Crippen molar-refractivity contribution >= 4 is 23.5 Å². The molecule has 6 rings (SSSR count). The largest absolute Gasteiger partial charge is 0.494 e. The molecule has 45 heavy (non-hydrogen) atoms. The summed E-state index contributed by atoms with van der Waals surface area (Å²) in [5.74, 6) is -1.26. The zero-order chi connectivity index (χ0) is 31.7. The highest BCUT2D eigenvalue weighted by atomic mass is 19.4. The Morgan fingerprint density at radius 3 is 2.53 bits per heavy atom. The third-order valence-corrected chi connectivity index (χ3v) is 9.99. The lowest BCUT2D eigenvalue weighted by atomic mass is 9.75. The van der Waals surface area contributed by atoms with Crippen LogP contribution >= 0.6 is 0 Å². The maximum Gasteiger partial charge on any atom is 0.434 e. The number of fused-ring (bicyclic) bond motifs is 2. The third-order valence-electron chi connectivity index (χ3n) is 9.99. The molecule has 0 radical (unpaired) electrons. The number of ether oxygens (including phenoxy) is 2. The van der Waals surface area contributed by atoms with Crippen LogP contribution in [0.4, 0.5) is 24.8 Å². The second-order valence-electron chi connectivity index (χ2n) is 12.8. The number of halogens is 3. The van der Waals surface area contributed by atoms with Crippen molar-refractivity contribution in [1.82, 2.24) is 20.6 Å². The second kappa shape index (κ2) is 12.7. The molecule has 1 saturated carbocycles. The fraction of sp³-hybridized carbons (Fsp3) is 0.625. The lowest BCUT2D eigenvalue weighted by Gasteiger charge is -2.35. The highest BCUT2D eigenvalue weighted by molar-refractivity contribution is 5.98. The van der Waals surface area contributed by atoms with Gasteiger partial charge in [0.05, 0.1) is 12.2 Å². The van der Waals surface area contributed by atoms with Crippen LogP contribution < -0.4 is 20.3 Å². The fourth-order valence-electron chi connectivity index (χ4n) is 7.34. The van der Waals surface area contributed by atoms with Crippen LogP contribution in [0.1, 0.15) is 85.8 Å². The average Bonchev–Trinajstić information content (AvgIpc) is 3.34. The van der Waals surface area contributed by atoms with E-state index in [-0.39, 0.29) is 24.2 Å². The molecule has 1 aromatic heterocycles. The lowest BCUT2D eigenvalue weighted by molar-refractivity contribution is -0.145.